The fourth-order valence-corrected chi connectivity index (χ4v) is 1.39. The van der Waals surface area contributed by atoms with E-state index in [9.17, 15) is 4.39 Å². The smallest absolute Gasteiger partial charge is 0.229 e. The molecule has 84 valence electrons. The zero-order valence-corrected chi connectivity index (χ0v) is 9.20. The summed E-state index contributed by atoms with van der Waals surface area (Å²) in [6.07, 6.45) is 1.61. The number of oxazole rings is 1. The topological polar surface area (TPSA) is 38.1 Å². The Morgan fingerprint density at radius 1 is 1.38 bits per heavy atom. The third kappa shape index (κ3) is 1.97. The molecule has 2 rings (SSSR count). The maximum Gasteiger partial charge on any atom is 0.229 e. The maximum atomic E-state index is 13.5. The molecular formula is C12H13FN2O. The van der Waals surface area contributed by atoms with Crippen molar-refractivity contribution in [1.82, 2.24) is 10.3 Å². The van der Waals surface area contributed by atoms with Crippen LogP contribution in [0.1, 0.15) is 18.7 Å². The van der Waals surface area contributed by atoms with Crippen LogP contribution < -0.4 is 5.32 Å². The van der Waals surface area contributed by atoms with Crippen LogP contribution in [0.25, 0.3) is 11.5 Å². The summed E-state index contributed by atoms with van der Waals surface area (Å²) in [7, 11) is 1.83. The minimum Gasteiger partial charge on any atom is -0.439 e. The van der Waals surface area contributed by atoms with E-state index < -0.39 is 0 Å². The molecule has 0 bridgehead atoms. The summed E-state index contributed by atoms with van der Waals surface area (Å²) in [6, 6.07) is 6.49. The lowest BCUT2D eigenvalue weighted by molar-refractivity contribution is 0.454. The second-order valence-electron chi connectivity index (χ2n) is 3.56. The van der Waals surface area contributed by atoms with Crippen molar-refractivity contribution in [2.24, 2.45) is 0 Å². The van der Waals surface area contributed by atoms with E-state index in [4.69, 9.17) is 4.42 Å². The summed E-state index contributed by atoms with van der Waals surface area (Å²) in [6.45, 7) is 1.95. The van der Waals surface area contributed by atoms with Gasteiger partial charge in [-0.2, -0.15) is 0 Å². The Kier molecular flexibility index (Phi) is 3.01. The molecule has 1 heterocycles. The van der Waals surface area contributed by atoms with Gasteiger partial charge >= 0.3 is 0 Å². The molecule has 3 nitrogen and oxygen atoms in total. The highest BCUT2D eigenvalue weighted by molar-refractivity contribution is 5.53. The lowest BCUT2D eigenvalue weighted by atomic mass is 10.2. The molecule has 1 aromatic heterocycles. The van der Waals surface area contributed by atoms with Gasteiger partial charge in [-0.25, -0.2) is 9.37 Å². The SMILES string of the molecule is CNC(C)c1cnc(-c2ccccc2F)o1. The Bertz CT molecular complexity index is 481. The molecular weight excluding hydrogens is 207 g/mol. The van der Waals surface area contributed by atoms with E-state index in [0.29, 0.717) is 17.2 Å². The minimum absolute atomic E-state index is 0.0630. The predicted octanol–water partition coefficient (Wildman–Crippen LogP) is 2.76. The second kappa shape index (κ2) is 4.45. The van der Waals surface area contributed by atoms with Crippen molar-refractivity contribution in [1.29, 1.82) is 0 Å². The maximum absolute atomic E-state index is 13.5. The molecule has 0 aliphatic rings. The molecule has 0 fully saturated rings. The Morgan fingerprint density at radius 3 is 2.81 bits per heavy atom. The highest BCUT2D eigenvalue weighted by atomic mass is 19.1. The van der Waals surface area contributed by atoms with Crippen LogP contribution in [-0.2, 0) is 0 Å². The number of rotatable bonds is 3. The molecule has 16 heavy (non-hydrogen) atoms. The number of nitrogens with zero attached hydrogens (tertiary/aromatic N) is 1. The second-order valence-corrected chi connectivity index (χ2v) is 3.56. The highest BCUT2D eigenvalue weighted by Gasteiger charge is 2.13. The van der Waals surface area contributed by atoms with Gasteiger partial charge < -0.3 is 9.73 Å². The largest absolute Gasteiger partial charge is 0.439 e. The lowest BCUT2D eigenvalue weighted by Gasteiger charge is -2.04. The number of aromatic nitrogens is 1. The summed E-state index contributed by atoms with van der Waals surface area (Å²) >= 11 is 0. The number of benzene rings is 1. The molecule has 4 heteroatoms. The summed E-state index contributed by atoms with van der Waals surface area (Å²) in [5, 5.41) is 3.03. The predicted molar refractivity (Wildman–Crippen MR) is 59.4 cm³/mol. The van der Waals surface area contributed by atoms with Crippen molar-refractivity contribution in [3.63, 3.8) is 0 Å². The van der Waals surface area contributed by atoms with Crippen molar-refractivity contribution in [3.8, 4) is 11.5 Å². The average molecular weight is 220 g/mol. The molecule has 1 unspecified atom stereocenters. The first-order valence-electron chi connectivity index (χ1n) is 5.10. The van der Waals surface area contributed by atoms with Gasteiger partial charge in [-0.3, -0.25) is 0 Å². The summed E-state index contributed by atoms with van der Waals surface area (Å²) in [5.74, 6) is 0.684. The molecule has 1 N–H and O–H groups in total. The highest BCUT2D eigenvalue weighted by Crippen LogP contribution is 2.24. The zero-order chi connectivity index (χ0) is 11.5. The average Bonchev–Trinajstić information content (AvgIpc) is 2.78. The molecule has 0 saturated carbocycles. The third-order valence-electron chi connectivity index (χ3n) is 2.49. The van der Waals surface area contributed by atoms with Gasteiger partial charge in [0.1, 0.15) is 11.6 Å². The van der Waals surface area contributed by atoms with Crippen molar-refractivity contribution < 1.29 is 8.81 Å². The van der Waals surface area contributed by atoms with E-state index in [2.05, 4.69) is 10.3 Å². The van der Waals surface area contributed by atoms with E-state index in [1.54, 1.807) is 24.4 Å². The first kappa shape index (κ1) is 10.8. The molecule has 0 spiro atoms. The van der Waals surface area contributed by atoms with Crippen LogP contribution >= 0.6 is 0 Å². The number of nitrogens with one attached hydrogen (secondary N) is 1. The van der Waals surface area contributed by atoms with Gasteiger partial charge in [0.15, 0.2) is 0 Å². The Hall–Kier alpha value is -1.68. The molecule has 2 aromatic rings. The zero-order valence-electron chi connectivity index (χ0n) is 9.20. The first-order chi connectivity index (χ1) is 7.72. The quantitative estimate of drug-likeness (QED) is 0.864. The van der Waals surface area contributed by atoms with Crippen LogP contribution in [0.5, 0.6) is 0 Å². The summed E-state index contributed by atoms with van der Waals surface area (Å²) in [5.41, 5.74) is 0.386. The van der Waals surface area contributed by atoms with Gasteiger partial charge in [0.05, 0.1) is 17.8 Å². The fraction of sp³-hybridized carbons (Fsp3) is 0.250. The van der Waals surface area contributed by atoms with E-state index in [0.717, 1.165) is 0 Å². The van der Waals surface area contributed by atoms with Gasteiger partial charge in [-0.1, -0.05) is 12.1 Å². The Balaban J connectivity index is 2.35. The fourth-order valence-electron chi connectivity index (χ4n) is 1.39. The number of hydrogen-bond donors (Lipinski definition) is 1. The lowest BCUT2D eigenvalue weighted by Crippen LogP contribution is -2.11. The molecule has 0 saturated heterocycles. The summed E-state index contributed by atoms with van der Waals surface area (Å²) < 4.78 is 18.9. The van der Waals surface area contributed by atoms with Crippen LogP contribution in [0.4, 0.5) is 4.39 Å². The van der Waals surface area contributed by atoms with Crippen LogP contribution in [0.2, 0.25) is 0 Å². The van der Waals surface area contributed by atoms with Crippen LogP contribution in [0.15, 0.2) is 34.9 Å². The van der Waals surface area contributed by atoms with Crippen LogP contribution in [0.3, 0.4) is 0 Å². The van der Waals surface area contributed by atoms with E-state index in [1.165, 1.54) is 6.07 Å². The minimum atomic E-state index is -0.326. The molecule has 0 amide bonds. The van der Waals surface area contributed by atoms with Gasteiger partial charge in [0.25, 0.3) is 0 Å². The van der Waals surface area contributed by atoms with Gasteiger partial charge in [0.2, 0.25) is 5.89 Å². The Morgan fingerprint density at radius 2 is 2.12 bits per heavy atom. The molecule has 1 atom stereocenters. The van der Waals surface area contributed by atoms with E-state index in [1.807, 2.05) is 14.0 Å². The number of hydrogen-bond acceptors (Lipinski definition) is 3. The van der Waals surface area contributed by atoms with Crippen molar-refractivity contribution in [2.45, 2.75) is 13.0 Å². The van der Waals surface area contributed by atoms with E-state index in [-0.39, 0.29) is 11.9 Å². The van der Waals surface area contributed by atoms with Crippen molar-refractivity contribution in [2.75, 3.05) is 7.05 Å². The molecule has 0 radical (unpaired) electrons. The van der Waals surface area contributed by atoms with E-state index >= 15 is 0 Å². The molecule has 1 aromatic carbocycles. The van der Waals surface area contributed by atoms with Gasteiger partial charge in [-0.05, 0) is 26.1 Å². The molecule has 0 aliphatic heterocycles. The monoisotopic (exact) mass is 220 g/mol. The standard InChI is InChI=1S/C12H13FN2O/c1-8(14-2)11-7-15-12(16-11)9-5-3-4-6-10(9)13/h3-8,14H,1-2H3. The number of halogens is 1. The summed E-state index contributed by atoms with van der Waals surface area (Å²) in [4.78, 5) is 4.07. The first-order valence-corrected chi connectivity index (χ1v) is 5.10. The third-order valence-corrected chi connectivity index (χ3v) is 2.49. The van der Waals surface area contributed by atoms with Gasteiger partial charge in [0, 0.05) is 0 Å². The van der Waals surface area contributed by atoms with Gasteiger partial charge in [-0.15, -0.1) is 0 Å². The van der Waals surface area contributed by atoms with Crippen LogP contribution in [0, 0.1) is 5.82 Å². The van der Waals surface area contributed by atoms with Crippen molar-refractivity contribution >= 4 is 0 Å². The van der Waals surface area contributed by atoms with Crippen molar-refractivity contribution in [3.05, 3.63) is 42.0 Å². The molecule has 0 aliphatic carbocycles. The normalized spacial score (nSPS) is 12.7. The Labute approximate surface area is 93.3 Å². The van der Waals surface area contributed by atoms with Crippen LogP contribution in [-0.4, -0.2) is 12.0 Å².